The molecule has 0 saturated heterocycles. The Morgan fingerprint density at radius 2 is 2.05 bits per heavy atom. The van der Waals surface area contributed by atoms with Crippen LogP contribution in [0.2, 0.25) is 5.02 Å². The van der Waals surface area contributed by atoms with E-state index >= 15 is 0 Å². The lowest BCUT2D eigenvalue weighted by Crippen LogP contribution is -2.27. The Bertz CT molecular complexity index is 1610. The van der Waals surface area contributed by atoms with Crippen LogP contribution in [0.15, 0.2) is 60.5 Å². The molecule has 3 heterocycles. The first-order valence-corrected chi connectivity index (χ1v) is 12.5. The first-order chi connectivity index (χ1) is 17.8. The van der Waals surface area contributed by atoms with Crippen LogP contribution in [0.3, 0.4) is 0 Å². The summed E-state index contributed by atoms with van der Waals surface area (Å²) in [5.41, 5.74) is 4.47. The molecule has 0 aliphatic rings. The molecule has 0 spiro atoms. The zero-order valence-corrected chi connectivity index (χ0v) is 21.3. The van der Waals surface area contributed by atoms with Crippen LogP contribution in [0.25, 0.3) is 16.6 Å². The van der Waals surface area contributed by atoms with Gasteiger partial charge in [-0.3, -0.25) is 9.78 Å². The molecular formula is C26H20ClF2N5O2S. The molecule has 1 amide bonds. The normalized spacial score (nSPS) is 12.0. The number of pyridine rings is 1. The summed E-state index contributed by atoms with van der Waals surface area (Å²) in [6.07, 6.45) is 3.89. The van der Waals surface area contributed by atoms with E-state index in [2.05, 4.69) is 20.4 Å². The van der Waals surface area contributed by atoms with E-state index in [0.29, 0.717) is 44.0 Å². The third-order valence-electron chi connectivity index (χ3n) is 5.74. The van der Waals surface area contributed by atoms with E-state index in [-0.39, 0.29) is 17.5 Å². The highest BCUT2D eigenvalue weighted by molar-refractivity contribution is 7.11. The van der Waals surface area contributed by atoms with Crippen LogP contribution in [0.5, 0.6) is 5.75 Å². The van der Waals surface area contributed by atoms with Gasteiger partial charge < -0.3 is 10.1 Å². The number of benzene rings is 2. The highest BCUT2D eigenvalue weighted by Crippen LogP contribution is 2.32. The second kappa shape index (κ2) is 10.2. The molecule has 0 aliphatic carbocycles. The minimum absolute atomic E-state index is 0.00428. The van der Waals surface area contributed by atoms with Crippen molar-refractivity contribution in [2.45, 2.75) is 26.5 Å². The van der Waals surface area contributed by atoms with Crippen molar-refractivity contribution in [3.63, 3.8) is 0 Å². The van der Waals surface area contributed by atoms with E-state index in [1.165, 1.54) is 40.5 Å². The number of carbonyl (C=O) groups excluding carboxylic acids is 1. The molecule has 2 aromatic carbocycles. The van der Waals surface area contributed by atoms with Gasteiger partial charge in [-0.2, -0.15) is 5.10 Å². The van der Waals surface area contributed by atoms with E-state index in [1.54, 1.807) is 30.6 Å². The van der Waals surface area contributed by atoms with Crippen LogP contribution in [-0.4, -0.2) is 25.7 Å². The number of thiazole rings is 1. The number of halogens is 3. The third-order valence-corrected chi connectivity index (χ3v) is 6.85. The molecule has 0 radical (unpaired) electrons. The number of para-hydroxylation sites is 1. The molecule has 1 atom stereocenters. The fraction of sp³-hybridized carbons (Fsp3) is 0.154. The van der Waals surface area contributed by atoms with E-state index in [1.807, 2.05) is 13.0 Å². The van der Waals surface area contributed by atoms with Gasteiger partial charge in [-0.15, -0.1) is 11.3 Å². The molecule has 0 bridgehead atoms. The second-order valence-electron chi connectivity index (χ2n) is 8.34. The molecule has 5 aromatic rings. The number of nitrogens with one attached hydrogen (secondary N) is 1. The van der Waals surface area contributed by atoms with Gasteiger partial charge in [0.05, 0.1) is 40.9 Å². The standard InChI is InChI=1S/C26H20ClF2N5O2S/c1-14-6-22(34-11-17(29)9-31-34)18-4-3-5-23(25(18)32-14)36-12-20-19(7-16(28)8-21(20)27)15(2)33-26(35)24-10-30-13-37-24/h3-11,13,15H,12H2,1-2H3,(H,33,35)/t15-/m0/s1. The highest BCUT2D eigenvalue weighted by atomic mass is 35.5. The summed E-state index contributed by atoms with van der Waals surface area (Å²) in [6, 6.07) is 9.18. The van der Waals surface area contributed by atoms with E-state index < -0.39 is 17.7 Å². The zero-order valence-electron chi connectivity index (χ0n) is 19.7. The Morgan fingerprint density at radius 1 is 1.22 bits per heavy atom. The Hall–Kier alpha value is -3.89. The smallest absolute Gasteiger partial charge is 0.263 e. The number of hydrogen-bond donors (Lipinski definition) is 1. The number of fused-ring (bicyclic) bond motifs is 1. The van der Waals surface area contributed by atoms with Crippen molar-refractivity contribution in [2.75, 3.05) is 0 Å². The number of amides is 1. The van der Waals surface area contributed by atoms with Crippen molar-refractivity contribution < 1.29 is 18.3 Å². The van der Waals surface area contributed by atoms with E-state index in [9.17, 15) is 13.6 Å². The Labute approximate surface area is 219 Å². The largest absolute Gasteiger partial charge is 0.487 e. The molecule has 0 saturated carbocycles. The maximum absolute atomic E-state index is 14.3. The van der Waals surface area contributed by atoms with Gasteiger partial charge in [0.1, 0.15) is 28.6 Å². The molecule has 0 fully saturated rings. The van der Waals surface area contributed by atoms with Gasteiger partial charge in [0.25, 0.3) is 5.91 Å². The third kappa shape index (κ3) is 5.16. The van der Waals surface area contributed by atoms with Gasteiger partial charge in [-0.1, -0.05) is 23.7 Å². The number of nitrogens with zero attached hydrogens (tertiary/aromatic N) is 4. The van der Waals surface area contributed by atoms with Crippen molar-refractivity contribution in [3.8, 4) is 11.4 Å². The Kier molecular flexibility index (Phi) is 6.86. The first-order valence-electron chi connectivity index (χ1n) is 11.2. The minimum atomic E-state index is -0.560. The number of aryl methyl sites for hydroxylation is 1. The van der Waals surface area contributed by atoms with Gasteiger partial charge in [0.2, 0.25) is 0 Å². The number of hydrogen-bond acceptors (Lipinski definition) is 6. The molecule has 0 aliphatic heterocycles. The fourth-order valence-electron chi connectivity index (χ4n) is 4.05. The molecule has 11 heteroatoms. The predicted molar refractivity (Wildman–Crippen MR) is 137 cm³/mol. The lowest BCUT2D eigenvalue weighted by molar-refractivity contribution is 0.0943. The first kappa shape index (κ1) is 24.8. The number of ether oxygens (including phenoxy) is 1. The quantitative estimate of drug-likeness (QED) is 0.267. The molecule has 7 nitrogen and oxygen atoms in total. The van der Waals surface area contributed by atoms with Crippen molar-refractivity contribution in [1.82, 2.24) is 25.1 Å². The van der Waals surface area contributed by atoms with Crippen LogP contribution in [0.4, 0.5) is 8.78 Å². The monoisotopic (exact) mass is 539 g/mol. The van der Waals surface area contributed by atoms with Crippen LogP contribution in [0, 0.1) is 18.6 Å². The van der Waals surface area contributed by atoms with Crippen molar-refractivity contribution in [3.05, 3.63) is 98.9 Å². The molecule has 3 aromatic heterocycles. The lowest BCUT2D eigenvalue weighted by Gasteiger charge is -2.20. The molecule has 37 heavy (non-hydrogen) atoms. The Morgan fingerprint density at radius 3 is 2.78 bits per heavy atom. The molecule has 1 N–H and O–H groups in total. The molecule has 5 rings (SSSR count). The van der Waals surface area contributed by atoms with Crippen LogP contribution in [0.1, 0.15) is 39.5 Å². The van der Waals surface area contributed by atoms with Gasteiger partial charge >= 0.3 is 0 Å². The summed E-state index contributed by atoms with van der Waals surface area (Å²) in [5.74, 6) is -0.840. The molecular weight excluding hydrogens is 520 g/mol. The van der Waals surface area contributed by atoms with Gasteiger partial charge in [0.15, 0.2) is 5.82 Å². The summed E-state index contributed by atoms with van der Waals surface area (Å²) in [5, 5.41) is 7.81. The average Bonchev–Trinajstić information content (AvgIpc) is 3.55. The fourth-order valence-corrected chi connectivity index (χ4v) is 4.84. The van der Waals surface area contributed by atoms with E-state index in [4.69, 9.17) is 16.3 Å². The van der Waals surface area contributed by atoms with Crippen LogP contribution in [-0.2, 0) is 6.61 Å². The maximum Gasteiger partial charge on any atom is 0.263 e. The number of rotatable bonds is 7. The lowest BCUT2D eigenvalue weighted by atomic mass is 10.0. The van der Waals surface area contributed by atoms with Gasteiger partial charge in [-0.25, -0.2) is 18.4 Å². The van der Waals surface area contributed by atoms with Gasteiger partial charge in [-0.05, 0) is 43.7 Å². The number of carbonyl (C=O) groups is 1. The van der Waals surface area contributed by atoms with Gasteiger partial charge in [0, 0.05) is 16.6 Å². The van der Waals surface area contributed by atoms with Crippen molar-refractivity contribution in [2.24, 2.45) is 0 Å². The topological polar surface area (TPSA) is 81.9 Å². The summed E-state index contributed by atoms with van der Waals surface area (Å²) in [4.78, 5) is 21.5. The summed E-state index contributed by atoms with van der Waals surface area (Å²) < 4.78 is 35.5. The highest BCUT2D eigenvalue weighted by Gasteiger charge is 2.20. The predicted octanol–water partition coefficient (Wildman–Crippen LogP) is 6.19. The zero-order chi connectivity index (χ0) is 26.1. The maximum atomic E-state index is 14.3. The summed E-state index contributed by atoms with van der Waals surface area (Å²) in [6.45, 7) is 3.56. The average molecular weight is 540 g/mol. The summed E-state index contributed by atoms with van der Waals surface area (Å²) in [7, 11) is 0. The van der Waals surface area contributed by atoms with Crippen molar-refractivity contribution >= 4 is 39.7 Å². The van der Waals surface area contributed by atoms with Crippen molar-refractivity contribution in [1.29, 1.82) is 0 Å². The number of aromatic nitrogens is 4. The molecule has 188 valence electrons. The minimum Gasteiger partial charge on any atom is -0.487 e. The second-order valence-corrected chi connectivity index (χ2v) is 9.64. The van der Waals surface area contributed by atoms with E-state index in [0.717, 1.165) is 6.20 Å². The van der Waals surface area contributed by atoms with Crippen LogP contribution >= 0.6 is 22.9 Å². The SMILES string of the molecule is Cc1cc(-n2cc(F)cn2)c2cccc(OCc3c(Cl)cc(F)cc3[C@H](C)NC(=O)c3cncs3)c2n1. The summed E-state index contributed by atoms with van der Waals surface area (Å²) >= 11 is 7.64. The van der Waals surface area contributed by atoms with Crippen LogP contribution < -0.4 is 10.1 Å². The molecule has 0 unspecified atom stereocenters. The Balaban J connectivity index is 1.47.